The fourth-order valence-corrected chi connectivity index (χ4v) is 4.57. The minimum Gasteiger partial charge on any atom is -0.148 e. The highest BCUT2D eigenvalue weighted by atomic mass is 32.1. The van der Waals surface area contributed by atoms with Gasteiger partial charge in [-0.3, -0.25) is 0 Å². The predicted octanol–water partition coefficient (Wildman–Crippen LogP) is 5.34. The van der Waals surface area contributed by atoms with E-state index in [-0.39, 0.29) is 0 Å². The third-order valence-electron chi connectivity index (χ3n) is 3.61. The molecule has 2 heterocycles. The van der Waals surface area contributed by atoms with Crippen molar-refractivity contribution in [3.05, 3.63) is 42.8 Å². The van der Waals surface area contributed by atoms with E-state index in [0.29, 0.717) is 0 Å². The van der Waals surface area contributed by atoms with Gasteiger partial charge in [-0.1, -0.05) is 13.8 Å². The highest BCUT2D eigenvalue weighted by Crippen LogP contribution is 2.27. The van der Waals surface area contributed by atoms with Gasteiger partial charge in [0, 0.05) is 14.6 Å². The highest BCUT2D eigenvalue weighted by molar-refractivity contribution is 7.12. The van der Waals surface area contributed by atoms with Crippen LogP contribution in [0.3, 0.4) is 0 Å². The summed E-state index contributed by atoms with van der Waals surface area (Å²) in [6.45, 7) is 8.98. The zero-order valence-corrected chi connectivity index (χ0v) is 13.4. The second-order valence-electron chi connectivity index (χ2n) is 4.82. The lowest BCUT2D eigenvalue weighted by molar-refractivity contribution is 0.933. The summed E-state index contributed by atoms with van der Waals surface area (Å²) in [5, 5.41) is 2.36. The smallest absolute Gasteiger partial charge is 0.00774 e. The summed E-state index contributed by atoms with van der Waals surface area (Å²) in [7, 11) is 0. The topological polar surface area (TPSA) is 0 Å². The van der Waals surface area contributed by atoms with Crippen LogP contribution < -0.4 is 0 Å². The summed E-state index contributed by atoms with van der Waals surface area (Å²) >= 11 is 3.91. The van der Waals surface area contributed by atoms with Gasteiger partial charge >= 0.3 is 0 Å². The maximum absolute atomic E-state index is 2.36. The lowest BCUT2D eigenvalue weighted by Crippen LogP contribution is -1.95. The summed E-state index contributed by atoms with van der Waals surface area (Å²) in [6.07, 6.45) is 4.78. The molecule has 0 N–H and O–H groups in total. The van der Waals surface area contributed by atoms with E-state index in [1.807, 2.05) is 22.7 Å². The Labute approximate surface area is 119 Å². The summed E-state index contributed by atoms with van der Waals surface area (Å²) in [5.41, 5.74) is 4.65. The molecule has 0 aromatic carbocycles. The van der Waals surface area contributed by atoms with Crippen molar-refractivity contribution in [2.75, 3.05) is 0 Å². The zero-order chi connectivity index (χ0) is 13.1. The van der Waals surface area contributed by atoms with E-state index in [0.717, 1.165) is 0 Å². The molecule has 0 amide bonds. The molecule has 0 aliphatic heterocycles. The Morgan fingerprint density at radius 3 is 2.39 bits per heavy atom. The van der Waals surface area contributed by atoms with Crippen LogP contribution in [0.4, 0.5) is 0 Å². The molecule has 0 saturated heterocycles. The molecule has 2 aromatic heterocycles. The zero-order valence-electron chi connectivity index (χ0n) is 11.8. The lowest BCUT2D eigenvalue weighted by atomic mass is 10.0. The largest absolute Gasteiger partial charge is 0.148 e. The Hall–Kier alpha value is -0.600. The Morgan fingerprint density at radius 1 is 1.06 bits per heavy atom. The first-order chi connectivity index (χ1) is 8.65. The lowest BCUT2D eigenvalue weighted by Gasteiger charge is -2.04. The van der Waals surface area contributed by atoms with Crippen LogP contribution in [0.5, 0.6) is 0 Å². The number of thiophene rings is 2. The normalized spacial score (nSPS) is 11.1. The SMILES string of the molecule is CCc1csc(CC)c1CCc1cc(C)c(C)s1. The van der Waals surface area contributed by atoms with Crippen LogP contribution in [-0.2, 0) is 25.7 Å². The summed E-state index contributed by atoms with van der Waals surface area (Å²) in [5.74, 6) is 0. The molecule has 0 fully saturated rings. The van der Waals surface area contributed by atoms with Gasteiger partial charge in [-0.15, -0.1) is 22.7 Å². The molecule has 0 spiro atoms. The fraction of sp³-hybridized carbons (Fsp3) is 0.500. The van der Waals surface area contributed by atoms with Crippen molar-refractivity contribution >= 4 is 22.7 Å². The van der Waals surface area contributed by atoms with Crippen molar-refractivity contribution in [2.45, 2.75) is 53.4 Å². The standard InChI is InChI=1S/C16H22S2/c1-5-13-10-17-16(6-2)15(13)8-7-14-9-11(3)12(4)18-14/h9-10H,5-8H2,1-4H3. The number of aryl methyl sites for hydroxylation is 5. The van der Waals surface area contributed by atoms with Crippen LogP contribution in [0.1, 0.15) is 45.2 Å². The molecular formula is C16H22S2. The highest BCUT2D eigenvalue weighted by Gasteiger charge is 2.10. The molecular weight excluding hydrogens is 256 g/mol. The average molecular weight is 278 g/mol. The second-order valence-corrected chi connectivity index (χ2v) is 7.13. The number of rotatable bonds is 5. The van der Waals surface area contributed by atoms with Gasteiger partial charge < -0.3 is 0 Å². The molecule has 0 radical (unpaired) electrons. The molecule has 0 nitrogen and oxygen atoms in total. The van der Waals surface area contributed by atoms with Crippen LogP contribution in [0, 0.1) is 13.8 Å². The van der Waals surface area contributed by atoms with Gasteiger partial charge in [0.2, 0.25) is 0 Å². The first-order valence-corrected chi connectivity index (χ1v) is 8.49. The third kappa shape index (κ3) is 2.86. The third-order valence-corrected chi connectivity index (χ3v) is 6.04. The van der Waals surface area contributed by atoms with Gasteiger partial charge in [0.1, 0.15) is 0 Å². The minimum absolute atomic E-state index is 1.17. The van der Waals surface area contributed by atoms with Gasteiger partial charge in [-0.2, -0.15) is 0 Å². The minimum atomic E-state index is 1.17. The predicted molar refractivity (Wildman–Crippen MR) is 84.3 cm³/mol. The maximum atomic E-state index is 2.36. The van der Waals surface area contributed by atoms with Crippen molar-refractivity contribution in [1.82, 2.24) is 0 Å². The summed E-state index contributed by atoms with van der Waals surface area (Å²) < 4.78 is 0. The molecule has 2 rings (SSSR count). The van der Waals surface area contributed by atoms with Gasteiger partial charge in [0.15, 0.2) is 0 Å². The molecule has 0 atom stereocenters. The molecule has 2 aromatic rings. The van der Waals surface area contributed by atoms with Crippen LogP contribution in [0.25, 0.3) is 0 Å². The molecule has 2 heteroatoms. The Bertz CT molecular complexity index is 476. The van der Waals surface area contributed by atoms with E-state index < -0.39 is 0 Å². The van der Waals surface area contributed by atoms with E-state index in [1.165, 1.54) is 36.1 Å². The van der Waals surface area contributed by atoms with E-state index >= 15 is 0 Å². The second kappa shape index (κ2) is 6.03. The summed E-state index contributed by atoms with van der Waals surface area (Å²) in [6, 6.07) is 2.36. The molecule has 18 heavy (non-hydrogen) atoms. The molecule has 98 valence electrons. The van der Waals surface area contributed by atoms with Gasteiger partial charge in [-0.05, 0) is 67.7 Å². The molecule has 0 aliphatic carbocycles. The van der Waals surface area contributed by atoms with Gasteiger partial charge in [0.25, 0.3) is 0 Å². The van der Waals surface area contributed by atoms with E-state index in [1.54, 1.807) is 20.9 Å². The number of hydrogen-bond acceptors (Lipinski definition) is 2. The van der Waals surface area contributed by atoms with Gasteiger partial charge in [0.05, 0.1) is 0 Å². The summed E-state index contributed by atoms with van der Waals surface area (Å²) in [4.78, 5) is 4.61. The van der Waals surface area contributed by atoms with Crippen molar-refractivity contribution in [2.24, 2.45) is 0 Å². The van der Waals surface area contributed by atoms with Crippen molar-refractivity contribution in [3.63, 3.8) is 0 Å². The Kier molecular flexibility index (Phi) is 4.63. The quantitative estimate of drug-likeness (QED) is 0.693. The van der Waals surface area contributed by atoms with Crippen LogP contribution in [0.2, 0.25) is 0 Å². The Balaban J connectivity index is 2.11. The molecule has 0 saturated carbocycles. The van der Waals surface area contributed by atoms with E-state index in [2.05, 4.69) is 39.1 Å². The first-order valence-electron chi connectivity index (χ1n) is 6.79. The monoisotopic (exact) mass is 278 g/mol. The van der Waals surface area contributed by atoms with Crippen LogP contribution >= 0.6 is 22.7 Å². The maximum Gasteiger partial charge on any atom is 0.00774 e. The van der Waals surface area contributed by atoms with Crippen LogP contribution in [-0.4, -0.2) is 0 Å². The number of hydrogen-bond donors (Lipinski definition) is 0. The van der Waals surface area contributed by atoms with Crippen molar-refractivity contribution < 1.29 is 0 Å². The molecule has 0 aliphatic rings. The van der Waals surface area contributed by atoms with Crippen molar-refractivity contribution in [1.29, 1.82) is 0 Å². The van der Waals surface area contributed by atoms with Gasteiger partial charge in [-0.25, -0.2) is 0 Å². The average Bonchev–Trinajstić information content (AvgIpc) is 2.90. The molecule has 0 bridgehead atoms. The van der Waals surface area contributed by atoms with E-state index in [4.69, 9.17) is 0 Å². The Morgan fingerprint density at radius 2 is 1.83 bits per heavy atom. The molecule has 0 unspecified atom stereocenters. The van der Waals surface area contributed by atoms with Crippen LogP contribution in [0.15, 0.2) is 11.4 Å². The van der Waals surface area contributed by atoms with E-state index in [9.17, 15) is 0 Å². The fourth-order valence-electron chi connectivity index (χ4n) is 2.38. The first kappa shape index (κ1) is 13.8. The van der Waals surface area contributed by atoms with Crippen molar-refractivity contribution in [3.8, 4) is 0 Å².